The highest BCUT2D eigenvalue weighted by molar-refractivity contribution is 6.30. The fraction of sp³-hybridized carbons (Fsp3) is 0.588. The fourth-order valence-electron chi connectivity index (χ4n) is 4.04. The molecule has 2 unspecified atom stereocenters. The first-order chi connectivity index (χ1) is 10.2. The van der Waals surface area contributed by atoms with Crippen molar-refractivity contribution >= 4 is 17.3 Å². The summed E-state index contributed by atoms with van der Waals surface area (Å²) in [6.07, 6.45) is 6.07. The summed E-state index contributed by atoms with van der Waals surface area (Å²) in [5, 5.41) is 13.7. The monoisotopic (exact) mass is 303 g/mol. The van der Waals surface area contributed by atoms with Crippen LogP contribution in [0.5, 0.6) is 0 Å². The van der Waals surface area contributed by atoms with E-state index in [1.54, 1.807) is 0 Å². The van der Waals surface area contributed by atoms with E-state index in [-0.39, 0.29) is 0 Å². The minimum Gasteiger partial charge on any atom is -0.364 e. The van der Waals surface area contributed by atoms with Crippen LogP contribution in [-0.2, 0) is 0 Å². The van der Waals surface area contributed by atoms with Crippen LogP contribution in [0.1, 0.15) is 44.6 Å². The highest BCUT2D eigenvalue weighted by Crippen LogP contribution is 2.39. The summed E-state index contributed by atoms with van der Waals surface area (Å²) >= 11 is 6.18. The molecule has 2 aliphatic rings. The quantitative estimate of drug-likeness (QED) is 0.925. The van der Waals surface area contributed by atoms with Gasteiger partial charge in [0.05, 0.1) is 11.3 Å². The van der Waals surface area contributed by atoms with Gasteiger partial charge in [-0.1, -0.05) is 18.5 Å². The van der Waals surface area contributed by atoms with E-state index >= 15 is 0 Å². The van der Waals surface area contributed by atoms with Crippen molar-refractivity contribution in [2.24, 2.45) is 0 Å². The predicted molar refractivity (Wildman–Crippen MR) is 86.8 cm³/mol. The Hall–Kier alpha value is -1.24. The Morgan fingerprint density at radius 3 is 2.67 bits per heavy atom. The Kier molecular flexibility index (Phi) is 4.37. The molecule has 0 amide bonds. The van der Waals surface area contributed by atoms with E-state index in [0.717, 1.165) is 22.8 Å². The highest BCUT2D eigenvalue weighted by Gasteiger charge is 2.38. The maximum absolute atomic E-state index is 9.41. The lowest BCUT2D eigenvalue weighted by molar-refractivity contribution is 0.247. The van der Waals surface area contributed by atoms with E-state index < -0.39 is 0 Å². The molecule has 2 fully saturated rings. The SMILES string of the molecule is CCNC1CC2CCCC(C1)N2c1cc(Cl)ccc1C#N. The first kappa shape index (κ1) is 14.7. The smallest absolute Gasteiger partial charge is 0.101 e. The molecule has 0 radical (unpaired) electrons. The van der Waals surface area contributed by atoms with Gasteiger partial charge in [-0.3, -0.25) is 0 Å². The molecule has 2 aliphatic heterocycles. The first-order valence-electron chi connectivity index (χ1n) is 7.94. The van der Waals surface area contributed by atoms with Gasteiger partial charge in [-0.15, -0.1) is 0 Å². The maximum Gasteiger partial charge on any atom is 0.101 e. The summed E-state index contributed by atoms with van der Waals surface area (Å²) in [7, 11) is 0. The number of nitrogens with one attached hydrogen (secondary N) is 1. The molecular weight excluding hydrogens is 282 g/mol. The van der Waals surface area contributed by atoms with Crippen molar-refractivity contribution in [1.82, 2.24) is 5.32 Å². The van der Waals surface area contributed by atoms with Gasteiger partial charge in [0.2, 0.25) is 0 Å². The molecule has 3 nitrogen and oxygen atoms in total. The van der Waals surface area contributed by atoms with Gasteiger partial charge in [0.25, 0.3) is 0 Å². The van der Waals surface area contributed by atoms with Crippen LogP contribution in [0.15, 0.2) is 18.2 Å². The number of fused-ring (bicyclic) bond motifs is 2. The number of rotatable bonds is 3. The van der Waals surface area contributed by atoms with Gasteiger partial charge >= 0.3 is 0 Å². The van der Waals surface area contributed by atoms with Gasteiger partial charge in [0, 0.05) is 23.1 Å². The predicted octanol–water partition coefficient (Wildman–Crippen LogP) is 3.71. The Bertz CT molecular complexity index is 537. The van der Waals surface area contributed by atoms with Crippen LogP contribution < -0.4 is 10.2 Å². The average Bonchev–Trinajstić information content (AvgIpc) is 2.46. The lowest BCUT2D eigenvalue weighted by atomic mass is 9.81. The summed E-state index contributed by atoms with van der Waals surface area (Å²) in [6, 6.07) is 9.65. The van der Waals surface area contributed by atoms with E-state index in [4.69, 9.17) is 11.6 Å². The molecule has 3 rings (SSSR count). The second-order valence-corrected chi connectivity index (χ2v) is 6.58. The van der Waals surface area contributed by atoms with Crippen LogP contribution in [0.4, 0.5) is 5.69 Å². The fourth-order valence-corrected chi connectivity index (χ4v) is 4.21. The number of nitrogens with zero attached hydrogens (tertiary/aromatic N) is 2. The normalized spacial score (nSPS) is 28.2. The Balaban J connectivity index is 1.92. The summed E-state index contributed by atoms with van der Waals surface area (Å²) in [5.74, 6) is 0. The largest absolute Gasteiger partial charge is 0.364 e. The second kappa shape index (κ2) is 6.25. The molecule has 1 aromatic carbocycles. The Morgan fingerprint density at radius 2 is 2.05 bits per heavy atom. The number of benzene rings is 1. The minimum absolute atomic E-state index is 0.534. The summed E-state index contributed by atoms with van der Waals surface area (Å²) < 4.78 is 0. The minimum atomic E-state index is 0.534. The number of hydrogen-bond acceptors (Lipinski definition) is 3. The van der Waals surface area contributed by atoms with Crippen molar-refractivity contribution in [3.8, 4) is 6.07 Å². The van der Waals surface area contributed by atoms with Gasteiger partial charge in [-0.05, 0) is 56.8 Å². The van der Waals surface area contributed by atoms with Gasteiger partial charge in [-0.25, -0.2) is 0 Å². The number of piperidine rings is 2. The molecule has 4 heteroatoms. The van der Waals surface area contributed by atoms with E-state index in [1.807, 2.05) is 18.2 Å². The van der Waals surface area contributed by atoms with Crippen LogP contribution in [0.25, 0.3) is 0 Å². The van der Waals surface area contributed by atoms with Crippen LogP contribution in [0, 0.1) is 11.3 Å². The van der Waals surface area contributed by atoms with E-state index in [0.29, 0.717) is 18.1 Å². The van der Waals surface area contributed by atoms with Crippen LogP contribution in [0.3, 0.4) is 0 Å². The summed E-state index contributed by atoms with van der Waals surface area (Å²) in [6.45, 7) is 3.21. The average molecular weight is 304 g/mol. The lowest BCUT2D eigenvalue weighted by Gasteiger charge is -2.50. The van der Waals surface area contributed by atoms with Gasteiger partial charge in [-0.2, -0.15) is 5.26 Å². The molecule has 0 aromatic heterocycles. The zero-order chi connectivity index (χ0) is 14.8. The summed E-state index contributed by atoms with van der Waals surface area (Å²) in [4.78, 5) is 2.49. The number of hydrogen-bond donors (Lipinski definition) is 1. The van der Waals surface area contributed by atoms with Crippen molar-refractivity contribution in [2.45, 2.75) is 57.2 Å². The van der Waals surface area contributed by atoms with Gasteiger partial charge in [0.1, 0.15) is 6.07 Å². The van der Waals surface area contributed by atoms with Gasteiger partial charge in [0.15, 0.2) is 0 Å². The number of anilines is 1. The highest BCUT2D eigenvalue weighted by atomic mass is 35.5. The molecule has 21 heavy (non-hydrogen) atoms. The Morgan fingerprint density at radius 1 is 1.33 bits per heavy atom. The van der Waals surface area contributed by atoms with Crippen LogP contribution in [0.2, 0.25) is 5.02 Å². The molecule has 2 heterocycles. The van der Waals surface area contributed by atoms with Crippen LogP contribution >= 0.6 is 11.6 Å². The standard InChI is InChI=1S/C17H22ClN3/c1-2-20-14-9-15-4-3-5-16(10-14)21(15)17-8-13(18)7-6-12(17)11-19/h6-8,14-16,20H,2-5,9-10H2,1H3. The molecule has 1 N–H and O–H groups in total. The molecule has 2 bridgehead atoms. The van der Waals surface area contributed by atoms with Crippen molar-refractivity contribution < 1.29 is 0 Å². The van der Waals surface area contributed by atoms with Gasteiger partial charge < -0.3 is 10.2 Å². The van der Waals surface area contributed by atoms with E-state index in [1.165, 1.54) is 32.1 Å². The molecule has 0 aliphatic carbocycles. The molecule has 0 spiro atoms. The van der Waals surface area contributed by atoms with Crippen LogP contribution in [-0.4, -0.2) is 24.7 Å². The topological polar surface area (TPSA) is 39.1 Å². The van der Waals surface area contributed by atoms with Crippen molar-refractivity contribution in [2.75, 3.05) is 11.4 Å². The third kappa shape index (κ3) is 2.88. The molecule has 1 aromatic rings. The van der Waals surface area contributed by atoms with Crippen molar-refractivity contribution in [3.63, 3.8) is 0 Å². The van der Waals surface area contributed by atoms with E-state index in [2.05, 4.69) is 23.2 Å². The molecular formula is C17H22ClN3. The van der Waals surface area contributed by atoms with E-state index in [9.17, 15) is 5.26 Å². The third-order valence-electron chi connectivity index (χ3n) is 4.83. The Labute approximate surface area is 131 Å². The zero-order valence-electron chi connectivity index (χ0n) is 12.5. The zero-order valence-corrected chi connectivity index (χ0v) is 13.2. The molecule has 2 saturated heterocycles. The molecule has 0 saturated carbocycles. The second-order valence-electron chi connectivity index (χ2n) is 6.15. The number of nitriles is 1. The lowest BCUT2D eigenvalue weighted by Crippen LogP contribution is -2.56. The van der Waals surface area contributed by atoms with Crippen molar-refractivity contribution in [3.05, 3.63) is 28.8 Å². The third-order valence-corrected chi connectivity index (χ3v) is 5.06. The first-order valence-corrected chi connectivity index (χ1v) is 8.32. The number of halogens is 1. The maximum atomic E-state index is 9.41. The molecule has 2 atom stereocenters. The summed E-state index contributed by atoms with van der Waals surface area (Å²) in [5.41, 5.74) is 1.79. The molecule has 112 valence electrons. The van der Waals surface area contributed by atoms with Crippen molar-refractivity contribution in [1.29, 1.82) is 5.26 Å².